The highest BCUT2D eigenvalue weighted by molar-refractivity contribution is 5.66. The van der Waals surface area contributed by atoms with E-state index in [-0.39, 0.29) is 11.9 Å². The Labute approximate surface area is 141 Å². The lowest BCUT2D eigenvalue weighted by Gasteiger charge is -2.23. The fourth-order valence-electron chi connectivity index (χ4n) is 3.50. The molecule has 1 aliphatic heterocycles. The number of rotatable bonds is 3. The minimum Gasteiger partial charge on any atom is -0.323 e. The molecule has 3 aromatic rings. The summed E-state index contributed by atoms with van der Waals surface area (Å²) in [7, 11) is 0. The van der Waals surface area contributed by atoms with Gasteiger partial charge in [0.1, 0.15) is 5.82 Å². The standard InChI is InChI=1S/C20H20FN3/c1-14(15-5-7-17(21)8-6-15)24-13-23-12-20(24)19-4-2-3-16-11-22-10-9-18(16)19/h2-8,12-14,22H,9-11H2,1H3/t14-/m1/s1. The van der Waals surface area contributed by atoms with E-state index in [0.717, 1.165) is 30.8 Å². The van der Waals surface area contributed by atoms with Crippen LogP contribution in [0.3, 0.4) is 0 Å². The van der Waals surface area contributed by atoms with Crippen LogP contribution in [0.1, 0.15) is 29.7 Å². The molecule has 0 spiro atoms. The zero-order chi connectivity index (χ0) is 16.5. The summed E-state index contributed by atoms with van der Waals surface area (Å²) < 4.78 is 15.4. The summed E-state index contributed by atoms with van der Waals surface area (Å²) in [6, 6.07) is 13.3. The molecule has 0 saturated heterocycles. The third-order valence-corrected chi connectivity index (χ3v) is 4.85. The van der Waals surface area contributed by atoms with Gasteiger partial charge in [0.2, 0.25) is 0 Å². The highest BCUT2D eigenvalue weighted by atomic mass is 19.1. The van der Waals surface area contributed by atoms with E-state index >= 15 is 0 Å². The van der Waals surface area contributed by atoms with Crippen molar-refractivity contribution in [2.45, 2.75) is 25.9 Å². The third kappa shape index (κ3) is 2.63. The van der Waals surface area contributed by atoms with E-state index in [1.165, 1.54) is 28.8 Å². The molecule has 2 aromatic carbocycles. The van der Waals surface area contributed by atoms with Crippen LogP contribution in [0.5, 0.6) is 0 Å². The maximum absolute atomic E-state index is 13.2. The van der Waals surface area contributed by atoms with Gasteiger partial charge in [0, 0.05) is 12.1 Å². The molecule has 1 aliphatic rings. The van der Waals surface area contributed by atoms with Gasteiger partial charge in [-0.1, -0.05) is 30.3 Å². The van der Waals surface area contributed by atoms with Crippen molar-refractivity contribution in [1.29, 1.82) is 0 Å². The van der Waals surface area contributed by atoms with Gasteiger partial charge in [0.05, 0.1) is 24.3 Å². The number of benzene rings is 2. The molecule has 0 saturated carbocycles. The first-order valence-corrected chi connectivity index (χ1v) is 8.33. The van der Waals surface area contributed by atoms with E-state index in [1.54, 1.807) is 0 Å². The van der Waals surface area contributed by atoms with E-state index < -0.39 is 0 Å². The van der Waals surface area contributed by atoms with Crippen LogP contribution in [0.25, 0.3) is 11.3 Å². The summed E-state index contributed by atoms with van der Waals surface area (Å²) in [6.45, 7) is 4.05. The fraction of sp³-hybridized carbons (Fsp3) is 0.250. The first kappa shape index (κ1) is 15.1. The largest absolute Gasteiger partial charge is 0.323 e. The lowest BCUT2D eigenvalue weighted by molar-refractivity contribution is 0.616. The summed E-state index contributed by atoms with van der Waals surface area (Å²) in [5.74, 6) is -0.207. The summed E-state index contributed by atoms with van der Waals surface area (Å²) in [6.07, 6.45) is 4.82. The minimum atomic E-state index is -0.207. The smallest absolute Gasteiger partial charge is 0.123 e. The average molecular weight is 321 g/mol. The molecule has 0 bridgehead atoms. The molecule has 3 nitrogen and oxygen atoms in total. The summed E-state index contributed by atoms with van der Waals surface area (Å²) >= 11 is 0. The first-order chi connectivity index (χ1) is 11.7. The van der Waals surface area contributed by atoms with Crippen LogP contribution in [0.4, 0.5) is 4.39 Å². The highest BCUT2D eigenvalue weighted by Crippen LogP contribution is 2.31. The predicted octanol–water partition coefficient (Wildman–Crippen LogP) is 3.94. The fourth-order valence-corrected chi connectivity index (χ4v) is 3.50. The number of halogens is 1. The summed E-state index contributed by atoms with van der Waals surface area (Å²) in [5, 5.41) is 3.42. The van der Waals surface area contributed by atoms with Gasteiger partial charge in [-0.25, -0.2) is 9.37 Å². The van der Waals surface area contributed by atoms with Crippen molar-refractivity contribution in [2.24, 2.45) is 0 Å². The first-order valence-electron chi connectivity index (χ1n) is 8.33. The van der Waals surface area contributed by atoms with E-state index in [1.807, 2.05) is 24.7 Å². The Bertz CT molecular complexity index is 852. The lowest BCUT2D eigenvalue weighted by atomic mass is 9.93. The molecule has 2 heterocycles. The monoisotopic (exact) mass is 321 g/mol. The van der Waals surface area contributed by atoms with Crippen molar-refractivity contribution in [3.05, 3.63) is 77.5 Å². The normalized spacial score (nSPS) is 15.1. The molecular weight excluding hydrogens is 301 g/mol. The molecule has 0 radical (unpaired) electrons. The van der Waals surface area contributed by atoms with Gasteiger partial charge in [0.15, 0.2) is 0 Å². The average Bonchev–Trinajstić information content (AvgIpc) is 3.11. The molecule has 0 amide bonds. The maximum Gasteiger partial charge on any atom is 0.123 e. The second kappa shape index (κ2) is 6.21. The number of hydrogen-bond donors (Lipinski definition) is 1. The quantitative estimate of drug-likeness (QED) is 0.792. The van der Waals surface area contributed by atoms with Crippen molar-refractivity contribution in [3.8, 4) is 11.3 Å². The lowest BCUT2D eigenvalue weighted by Crippen LogP contribution is -2.24. The van der Waals surface area contributed by atoms with Crippen molar-refractivity contribution in [3.63, 3.8) is 0 Å². The van der Waals surface area contributed by atoms with E-state index in [9.17, 15) is 4.39 Å². The minimum absolute atomic E-state index is 0.0978. The molecule has 122 valence electrons. The zero-order valence-electron chi connectivity index (χ0n) is 13.7. The van der Waals surface area contributed by atoms with Crippen LogP contribution in [0.2, 0.25) is 0 Å². The van der Waals surface area contributed by atoms with Gasteiger partial charge in [-0.2, -0.15) is 0 Å². The Hall–Kier alpha value is -2.46. The number of imidazole rings is 1. The van der Waals surface area contributed by atoms with Crippen LogP contribution in [0, 0.1) is 5.82 Å². The number of hydrogen-bond acceptors (Lipinski definition) is 2. The van der Waals surface area contributed by atoms with Gasteiger partial charge in [-0.05, 0) is 48.7 Å². The van der Waals surface area contributed by atoms with E-state index in [4.69, 9.17) is 0 Å². The third-order valence-electron chi connectivity index (χ3n) is 4.85. The van der Waals surface area contributed by atoms with Crippen molar-refractivity contribution >= 4 is 0 Å². The maximum atomic E-state index is 13.2. The molecule has 0 fully saturated rings. The Balaban J connectivity index is 1.77. The summed E-state index contributed by atoms with van der Waals surface area (Å²) in [5.41, 5.74) is 6.21. The Morgan fingerprint density at radius 2 is 2.00 bits per heavy atom. The molecule has 0 aliphatic carbocycles. The molecule has 1 N–H and O–H groups in total. The van der Waals surface area contributed by atoms with Crippen LogP contribution in [-0.2, 0) is 13.0 Å². The molecule has 4 rings (SSSR count). The van der Waals surface area contributed by atoms with Crippen molar-refractivity contribution in [1.82, 2.24) is 14.9 Å². The number of aromatic nitrogens is 2. The molecule has 1 aromatic heterocycles. The molecule has 0 unspecified atom stereocenters. The molecular formula is C20H20FN3. The van der Waals surface area contributed by atoms with Crippen molar-refractivity contribution in [2.75, 3.05) is 6.54 Å². The van der Waals surface area contributed by atoms with E-state index in [2.05, 4.69) is 40.0 Å². The Morgan fingerprint density at radius 3 is 2.83 bits per heavy atom. The van der Waals surface area contributed by atoms with Gasteiger partial charge in [-0.3, -0.25) is 0 Å². The zero-order valence-corrected chi connectivity index (χ0v) is 13.7. The second-order valence-electron chi connectivity index (χ2n) is 6.28. The number of nitrogens with zero attached hydrogens (tertiary/aromatic N) is 2. The molecule has 24 heavy (non-hydrogen) atoms. The molecule has 1 atom stereocenters. The topological polar surface area (TPSA) is 29.9 Å². The molecule has 4 heteroatoms. The van der Waals surface area contributed by atoms with Gasteiger partial charge in [0.25, 0.3) is 0 Å². The number of nitrogens with one attached hydrogen (secondary N) is 1. The van der Waals surface area contributed by atoms with Crippen LogP contribution >= 0.6 is 0 Å². The van der Waals surface area contributed by atoms with Gasteiger partial charge >= 0.3 is 0 Å². The van der Waals surface area contributed by atoms with Gasteiger partial charge < -0.3 is 9.88 Å². The van der Waals surface area contributed by atoms with Crippen LogP contribution in [0.15, 0.2) is 55.0 Å². The summed E-state index contributed by atoms with van der Waals surface area (Å²) in [4.78, 5) is 4.38. The van der Waals surface area contributed by atoms with Crippen LogP contribution in [-0.4, -0.2) is 16.1 Å². The Kier molecular flexibility index (Phi) is 3.90. The number of fused-ring (bicyclic) bond motifs is 1. The Morgan fingerprint density at radius 1 is 1.17 bits per heavy atom. The van der Waals surface area contributed by atoms with E-state index in [0.29, 0.717) is 0 Å². The van der Waals surface area contributed by atoms with Crippen molar-refractivity contribution < 1.29 is 4.39 Å². The highest BCUT2D eigenvalue weighted by Gasteiger charge is 2.18. The SMILES string of the molecule is C[C@H](c1ccc(F)cc1)n1cncc1-c1cccc2c1CCNC2. The predicted molar refractivity (Wildman–Crippen MR) is 93.3 cm³/mol. The van der Waals surface area contributed by atoms with Gasteiger partial charge in [-0.15, -0.1) is 0 Å². The van der Waals surface area contributed by atoms with Crippen LogP contribution < -0.4 is 5.32 Å². The second-order valence-corrected chi connectivity index (χ2v) is 6.28.